The zero-order valence-corrected chi connectivity index (χ0v) is 15.1. The van der Waals surface area contributed by atoms with E-state index in [0.717, 1.165) is 12.8 Å². The summed E-state index contributed by atoms with van der Waals surface area (Å²) in [5.74, 6) is 0. The van der Waals surface area contributed by atoms with Gasteiger partial charge in [0.1, 0.15) is 0 Å². The van der Waals surface area contributed by atoms with E-state index in [-0.39, 0.29) is 4.75 Å². The summed E-state index contributed by atoms with van der Waals surface area (Å²) in [7, 11) is -3.52. The van der Waals surface area contributed by atoms with Crippen molar-refractivity contribution in [3.05, 3.63) is 23.3 Å². The molecule has 0 bridgehead atoms. The molecule has 4 nitrogen and oxygen atoms in total. The summed E-state index contributed by atoms with van der Waals surface area (Å²) in [6.07, 6.45) is 3.88. The Morgan fingerprint density at radius 2 is 1.67 bits per heavy atom. The monoisotopic (exact) mass is 330 g/mol. The van der Waals surface area contributed by atoms with Crippen molar-refractivity contribution in [1.29, 1.82) is 0 Å². The van der Waals surface area contributed by atoms with Gasteiger partial charge in [-0.15, -0.1) is 0 Å². The number of hydrogen-bond acceptors (Lipinski definition) is 4. The van der Waals surface area contributed by atoms with Crippen molar-refractivity contribution in [3.63, 3.8) is 0 Å². The van der Waals surface area contributed by atoms with Gasteiger partial charge in [0.25, 0.3) is 0 Å². The second-order valence-electron chi connectivity index (χ2n) is 5.40. The summed E-state index contributed by atoms with van der Waals surface area (Å²) in [4.78, 5) is 0.346. The van der Waals surface area contributed by atoms with Gasteiger partial charge in [-0.2, -0.15) is 11.8 Å². The van der Waals surface area contributed by atoms with Crippen molar-refractivity contribution in [1.82, 2.24) is 4.72 Å². The Balaban J connectivity index is 3.09. The largest absolute Gasteiger partial charge is 0.399 e. The van der Waals surface area contributed by atoms with Crippen LogP contribution in [0, 0.1) is 13.8 Å². The maximum absolute atomic E-state index is 12.6. The predicted molar refractivity (Wildman–Crippen MR) is 92.3 cm³/mol. The van der Waals surface area contributed by atoms with Crippen molar-refractivity contribution in [2.75, 3.05) is 18.5 Å². The van der Waals surface area contributed by atoms with Gasteiger partial charge in [0.15, 0.2) is 0 Å². The van der Waals surface area contributed by atoms with E-state index in [0.29, 0.717) is 28.3 Å². The average Bonchev–Trinajstić information content (AvgIpc) is 2.39. The number of nitrogens with one attached hydrogen (secondary N) is 1. The number of thioether (sulfide) groups is 1. The van der Waals surface area contributed by atoms with Crippen LogP contribution in [0.2, 0.25) is 0 Å². The normalized spacial score (nSPS) is 12.6. The second kappa shape index (κ2) is 7.03. The van der Waals surface area contributed by atoms with Gasteiger partial charge >= 0.3 is 0 Å². The quantitative estimate of drug-likeness (QED) is 0.754. The van der Waals surface area contributed by atoms with Crippen molar-refractivity contribution in [3.8, 4) is 0 Å². The smallest absolute Gasteiger partial charge is 0.241 e. The van der Waals surface area contributed by atoms with Crippen molar-refractivity contribution in [2.45, 2.75) is 50.2 Å². The fourth-order valence-corrected chi connectivity index (χ4v) is 5.03. The summed E-state index contributed by atoms with van der Waals surface area (Å²) < 4.78 is 28.0. The van der Waals surface area contributed by atoms with Crippen LogP contribution in [0.25, 0.3) is 0 Å². The molecule has 0 aliphatic rings. The summed E-state index contributed by atoms with van der Waals surface area (Å²) in [6.45, 7) is 8.17. The van der Waals surface area contributed by atoms with Crippen LogP contribution in [0.15, 0.2) is 17.0 Å². The molecule has 0 saturated heterocycles. The molecular weight excluding hydrogens is 304 g/mol. The molecule has 0 radical (unpaired) electrons. The highest BCUT2D eigenvalue weighted by Crippen LogP contribution is 2.30. The molecule has 1 rings (SSSR count). The minimum atomic E-state index is -3.52. The number of rotatable bonds is 7. The van der Waals surface area contributed by atoms with Crippen LogP contribution in [0.3, 0.4) is 0 Å². The highest BCUT2D eigenvalue weighted by atomic mass is 32.2. The van der Waals surface area contributed by atoms with Crippen LogP contribution in [-0.2, 0) is 10.0 Å². The van der Waals surface area contributed by atoms with E-state index in [9.17, 15) is 8.42 Å². The third kappa shape index (κ3) is 4.14. The van der Waals surface area contributed by atoms with Crippen molar-refractivity contribution >= 4 is 27.5 Å². The first kappa shape index (κ1) is 18.3. The number of aryl methyl sites for hydroxylation is 2. The highest BCUT2D eigenvalue weighted by Gasteiger charge is 2.28. The number of anilines is 1. The lowest BCUT2D eigenvalue weighted by Crippen LogP contribution is -2.40. The molecule has 0 amide bonds. The van der Waals surface area contributed by atoms with Crippen LogP contribution < -0.4 is 10.5 Å². The molecule has 0 spiro atoms. The number of hydrogen-bond donors (Lipinski definition) is 2. The average molecular weight is 331 g/mol. The minimum Gasteiger partial charge on any atom is -0.399 e. The fourth-order valence-electron chi connectivity index (χ4n) is 2.57. The molecule has 0 aromatic heterocycles. The van der Waals surface area contributed by atoms with Crippen molar-refractivity contribution < 1.29 is 8.42 Å². The zero-order chi connectivity index (χ0) is 16.3. The van der Waals surface area contributed by atoms with E-state index < -0.39 is 10.0 Å². The predicted octanol–water partition coefficient (Wildman–Crippen LogP) is 3.09. The maximum atomic E-state index is 12.6. The topological polar surface area (TPSA) is 72.2 Å². The lowest BCUT2D eigenvalue weighted by molar-refractivity contribution is 0.521. The molecule has 0 atom stereocenters. The third-order valence-electron chi connectivity index (χ3n) is 4.06. The Morgan fingerprint density at radius 3 is 2.05 bits per heavy atom. The van der Waals surface area contributed by atoms with E-state index in [1.807, 2.05) is 6.26 Å². The molecule has 0 aliphatic heterocycles. The maximum Gasteiger partial charge on any atom is 0.241 e. The minimum absolute atomic E-state index is 0.0529. The molecule has 6 heteroatoms. The number of sulfonamides is 1. The molecule has 21 heavy (non-hydrogen) atoms. The first-order valence-electron chi connectivity index (χ1n) is 7.13. The Hall–Kier alpha value is -0.720. The molecule has 1 aromatic rings. The van der Waals surface area contributed by atoms with Crippen molar-refractivity contribution in [2.24, 2.45) is 0 Å². The van der Waals surface area contributed by atoms with Crippen LogP contribution in [0.4, 0.5) is 5.69 Å². The number of benzene rings is 1. The van der Waals surface area contributed by atoms with Gasteiger partial charge in [-0.05, 0) is 56.2 Å². The van der Waals surface area contributed by atoms with Crippen LogP contribution in [0.5, 0.6) is 0 Å². The van der Waals surface area contributed by atoms with Gasteiger partial charge in [0.2, 0.25) is 10.0 Å². The summed E-state index contributed by atoms with van der Waals surface area (Å²) in [5.41, 5.74) is 7.71. The molecule has 0 unspecified atom stereocenters. The highest BCUT2D eigenvalue weighted by molar-refractivity contribution is 8.00. The first-order valence-corrected chi connectivity index (χ1v) is 9.83. The molecule has 3 N–H and O–H groups in total. The van der Waals surface area contributed by atoms with E-state index in [1.54, 1.807) is 37.7 Å². The summed E-state index contributed by atoms with van der Waals surface area (Å²) >= 11 is 1.72. The summed E-state index contributed by atoms with van der Waals surface area (Å²) in [6, 6.07) is 3.39. The van der Waals surface area contributed by atoms with E-state index in [2.05, 4.69) is 18.6 Å². The van der Waals surface area contributed by atoms with Crippen LogP contribution in [-0.4, -0.2) is 26.0 Å². The molecule has 120 valence electrons. The van der Waals surface area contributed by atoms with Gasteiger partial charge in [-0.25, -0.2) is 13.1 Å². The van der Waals surface area contributed by atoms with Crippen LogP contribution >= 0.6 is 11.8 Å². The van der Waals surface area contributed by atoms with E-state index in [1.165, 1.54) is 0 Å². The Morgan fingerprint density at radius 1 is 1.19 bits per heavy atom. The molecule has 0 saturated carbocycles. The Bertz CT molecular complexity index is 562. The van der Waals surface area contributed by atoms with Gasteiger partial charge in [0, 0.05) is 17.0 Å². The Kier molecular flexibility index (Phi) is 6.13. The first-order chi connectivity index (χ1) is 9.71. The van der Waals surface area contributed by atoms with E-state index in [4.69, 9.17) is 5.73 Å². The van der Waals surface area contributed by atoms with E-state index >= 15 is 0 Å². The standard InChI is InChI=1S/C15H26N2O2S2/c1-6-15(7-2,20-5)10-17-21(18,19)14-11(3)8-13(16)9-12(14)4/h8-9,17H,6-7,10,16H2,1-5H3. The third-order valence-corrected chi connectivity index (χ3v) is 7.35. The van der Waals surface area contributed by atoms with Gasteiger partial charge in [-0.1, -0.05) is 13.8 Å². The zero-order valence-electron chi connectivity index (χ0n) is 13.5. The number of nitrogens with two attached hydrogens (primary N) is 1. The van der Waals surface area contributed by atoms with Crippen LogP contribution in [0.1, 0.15) is 37.8 Å². The molecular formula is C15H26N2O2S2. The fraction of sp³-hybridized carbons (Fsp3) is 0.600. The lowest BCUT2D eigenvalue weighted by Gasteiger charge is -2.30. The SMILES string of the molecule is CCC(CC)(CNS(=O)(=O)c1c(C)cc(N)cc1C)SC. The Labute approximate surface area is 132 Å². The molecule has 0 aliphatic carbocycles. The second-order valence-corrected chi connectivity index (χ2v) is 8.38. The molecule has 1 aromatic carbocycles. The van der Waals surface area contributed by atoms with Gasteiger partial charge < -0.3 is 5.73 Å². The lowest BCUT2D eigenvalue weighted by atomic mass is 10.0. The van der Waals surface area contributed by atoms with Gasteiger partial charge in [-0.3, -0.25) is 0 Å². The molecule has 0 fully saturated rings. The summed E-state index contributed by atoms with van der Waals surface area (Å²) in [5, 5.41) is 0. The van der Waals surface area contributed by atoms with Gasteiger partial charge in [0.05, 0.1) is 4.90 Å². The number of nitrogen functional groups attached to an aromatic ring is 1. The molecule has 0 heterocycles.